The Labute approximate surface area is 135 Å². The highest BCUT2D eigenvalue weighted by molar-refractivity contribution is 6.04. The molecule has 4 N–H and O–H groups in total. The lowest BCUT2D eigenvalue weighted by Gasteiger charge is -2.11. The molecule has 0 radical (unpaired) electrons. The fourth-order valence-electron chi connectivity index (χ4n) is 1.87. The lowest BCUT2D eigenvalue weighted by molar-refractivity contribution is 0.0937. The molecule has 2 rings (SSSR count). The SMILES string of the molecule is CCC(C)NC(=O)c1ccc(C(=O)Nc2ccccc2N)nc1. The van der Waals surface area contributed by atoms with E-state index in [2.05, 4.69) is 15.6 Å². The van der Waals surface area contributed by atoms with Crippen molar-refractivity contribution < 1.29 is 9.59 Å². The number of nitrogens with two attached hydrogens (primary N) is 1. The van der Waals surface area contributed by atoms with E-state index in [1.54, 1.807) is 30.3 Å². The predicted octanol–water partition coefficient (Wildman–Crippen LogP) is 2.44. The number of nitrogens with one attached hydrogen (secondary N) is 2. The standard InChI is InChI=1S/C17H20N4O2/c1-3-11(2)20-16(22)12-8-9-15(19-10-12)17(23)21-14-7-5-4-6-13(14)18/h4-11H,3,18H2,1-2H3,(H,20,22)(H,21,23). The summed E-state index contributed by atoms with van der Waals surface area (Å²) in [5, 5.41) is 5.54. The van der Waals surface area contributed by atoms with Crippen molar-refractivity contribution in [3.63, 3.8) is 0 Å². The number of anilines is 2. The van der Waals surface area contributed by atoms with Gasteiger partial charge in [-0.2, -0.15) is 0 Å². The van der Waals surface area contributed by atoms with Crippen LogP contribution in [0.1, 0.15) is 41.1 Å². The van der Waals surface area contributed by atoms with Gasteiger partial charge in [-0.1, -0.05) is 19.1 Å². The van der Waals surface area contributed by atoms with Crippen LogP contribution in [0.5, 0.6) is 0 Å². The first-order chi connectivity index (χ1) is 11.0. The molecule has 0 aliphatic rings. The fourth-order valence-corrected chi connectivity index (χ4v) is 1.87. The Morgan fingerprint density at radius 1 is 1.17 bits per heavy atom. The quantitative estimate of drug-likeness (QED) is 0.739. The zero-order valence-corrected chi connectivity index (χ0v) is 13.2. The molecular weight excluding hydrogens is 292 g/mol. The van der Waals surface area contributed by atoms with E-state index < -0.39 is 0 Å². The van der Waals surface area contributed by atoms with Crippen LogP contribution in [0.15, 0.2) is 42.6 Å². The van der Waals surface area contributed by atoms with E-state index >= 15 is 0 Å². The molecule has 0 fully saturated rings. The number of carbonyl (C=O) groups excluding carboxylic acids is 2. The molecule has 6 nitrogen and oxygen atoms in total. The predicted molar refractivity (Wildman–Crippen MR) is 90.3 cm³/mol. The van der Waals surface area contributed by atoms with Gasteiger partial charge in [-0.3, -0.25) is 14.6 Å². The van der Waals surface area contributed by atoms with Crippen molar-refractivity contribution in [2.45, 2.75) is 26.3 Å². The molecule has 1 aromatic heterocycles. The van der Waals surface area contributed by atoms with Crippen molar-refractivity contribution >= 4 is 23.2 Å². The first-order valence-corrected chi connectivity index (χ1v) is 7.44. The minimum Gasteiger partial charge on any atom is -0.397 e. The summed E-state index contributed by atoms with van der Waals surface area (Å²) in [7, 11) is 0. The molecule has 2 amide bonds. The maximum atomic E-state index is 12.1. The summed E-state index contributed by atoms with van der Waals surface area (Å²) in [5.41, 5.74) is 7.42. The van der Waals surface area contributed by atoms with Gasteiger partial charge in [-0.05, 0) is 37.6 Å². The summed E-state index contributed by atoms with van der Waals surface area (Å²) in [6.45, 7) is 3.92. The lowest BCUT2D eigenvalue weighted by atomic mass is 10.2. The smallest absolute Gasteiger partial charge is 0.274 e. The van der Waals surface area contributed by atoms with Crippen LogP contribution in [0.4, 0.5) is 11.4 Å². The Balaban J connectivity index is 2.06. The third kappa shape index (κ3) is 4.29. The number of pyridine rings is 1. The molecule has 2 aromatic rings. The van der Waals surface area contributed by atoms with Crippen LogP contribution in [-0.2, 0) is 0 Å². The number of rotatable bonds is 5. The average Bonchev–Trinajstić information content (AvgIpc) is 2.56. The van der Waals surface area contributed by atoms with Crippen LogP contribution in [0, 0.1) is 0 Å². The molecule has 0 spiro atoms. The minimum absolute atomic E-state index is 0.0894. The first-order valence-electron chi connectivity index (χ1n) is 7.44. The van der Waals surface area contributed by atoms with Crippen molar-refractivity contribution in [2.24, 2.45) is 0 Å². The second-order valence-corrected chi connectivity index (χ2v) is 5.26. The Morgan fingerprint density at radius 2 is 1.91 bits per heavy atom. The largest absolute Gasteiger partial charge is 0.397 e. The molecule has 1 unspecified atom stereocenters. The Kier molecular flexibility index (Phi) is 5.30. The van der Waals surface area contributed by atoms with Crippen LogP contribution in [0.2, 0.25) is 0 Å². The lowest BCUT2D eigenvalue weighted by Crippen LogP contribution is -2.32. The molecule has 6 heteroatoms. The van der Waals surface area contributed by atoms with E-state index in [0.717, 1.165) is 6.42 Å². The van der Waals surface area contributed by atoms with E-state index in [1.807, 2.05) is 13.8 Å². The van der Waals surface area contributed by atoms with E-state index in [1.165, 1.54) is 12.3 Å². The number of hydrogen-bond donors (Lipinski definition) is 3. The minimum atomic E-state index is -0.378. The van der Waals surface area contributed by atoms with Gasteiger partial charge in [-0.15, -0.1) is 0 Å². The van der Waals surface area contributed by atoms with Crippen LogP contribution in [-0.4, -0.2) is 22.8 Å². The maximum absolute atomic E-state index is 12.1. The molecule has 0 aliphatic carbocycles. The van der Waals surface area contributed by atoms with Gasteiger partial charge in [0.05, 0.1) is 16.9 Å². The first kappa shape index (κ1) is 16.5. The summed E-state index contributed by atoms with van der Waals surface area (Å²) in [6.07, 6.45) is 2.24. The molecular formula is C17H20N4O2. The number of nitrogen functional groups attached to an aromatic ring is 1. The highest BCUT2D eigenvalue weighted by Gasteiger charge is 2.12. The molecule has 1 aromatic carbocycles. The monoisotopic (exact) mass is 312 g/mol. The van der Waals surface area contributed by atoms with Crippen molar-refractivity contribution in [3.8, 4) is 0 Å². The maximum Gasteiger partial charge on any atom is 0.274 e. The zero-order chi connectivity index (χ0) is 16.8. The third-order valence-corrected chi connectivity index (χ3v) is 3.46. The van der Waals surface area contributed by atoms with Gasteiger partial charge in [0.15, 0.2) is 0 Å². The molecule has 1 heterocycles. The van der Waals surface area contributed by atoms with Crippen molar-refractivity contribution in [3.05, 3.63) is 53.9 Å². The molecule has 0 saturated carbocycles. The molecule has 120 valence electrons. The summed E-state index contributed by atoms with van der Waals surface area (Å²) >= 11 is 0. The second kappa shape index (κ2) is 7.40. The number of hydrogen-bond acceptors (Lipinski definition) is 4. The van der Waals surface area contributed by atoms with E-state index in [4.69, 9.17) is 5.73 Å². The van der Waals surface area contributed by atoms with Crippen LogP contribution >= 0.6 is 0 Å². The number of para-hydroxylation sites is 2. The van der Waals surface area contributed by atoms with Gasteiger partial charge in [0.1, 0.15) is 5.69 Å². The molecule has 0 saturated heterocycles. The molecule has 0 bridgehead atoms. The van der Waals surface area contributed by atoms with Gasteiger partial charge < -0.3 is 16.4 Å². The van der Waals surface area contributed by atoms with Crippen LogP contribution in [0.25, 0.3) is 0 Å². The topological polar surface area (TPSA) is 97.1 Å². The summed E-state index contributed by atoms with van der Waals surface area (Å²) in [4.78, 5) is 28.1. The number of carbonyl (C=O) groups is 2. The molecule has 1 atom stereocenters. The number of amides is 2. The molecule has 0 aliphatic heterocycles. The van der Waals surface area contributed by atoms with Gasteiger partial charge in [0.25, 0.3) is 11.8 Å². The van der Waals surface area contributed by atoms with Crippen molar-refractivity contribution in [1.29, 1.82) is 0 Å². The van der Waals surface area contributed by atoms with E-state index in [0.29, 0.717) is 16.9 Å². The summed E-state index contributed by atoms with van der Waals surface area (Å²) in [5.74, 6) is -0.581. The highest BCUT2D eigenvalue weighted by atomic mass is 16.2. The van der Waals surface area contributed by atoms with Gasteiger partial charge >= 0.3 is 0 Å². The normalized spacial score (nSPS) is 11.6. The number of nitrogens with zero attached hydrogens (tertiary/aromatic N) is 1. The van der Waals surface area contributed by atoms with Crippen LogP contribution in [0.3, 0.4) is 0 Å². The summed E-state index contributed by atoms with van der Waals surface area (Å²) < 4.78 is 0. The second-order valence-electron chi connectivity index (χ2n) is 5.26. The highest BCUT2D eigenvalue weighted by Crippen LogP contribution is 2.17. The molecule has 23 heavy (non-hydrogen) atoms. The number of aromatic nitrogens is 1. The summed E-state index contributed by atoms with van der Waals surface area (Å²) in [6, 6.07) is 10.2. The number of benzene rings is 1. The van der Waals surface area contributed by atoms with E-state index in [-0.39, 0.29) is 23.6 Å². The van der Waals surface area contributed by atoms with Gasteiger partial charge in [0, 0.05) is 12.2 Å². The van der Waals surface area contributed by atoms with E-state index in [9.17, 15) is 9.59 Å². The Morgan fingerprint density at radius 3 is 2.52 bits per heavy atom. The van der Waals surface area contributed by atoms with Crippen LogP contribution < -0.4 is 16.4 Å². The van der Waals surface area contributed by atoms with Gasteiger partial charge in [0.2, 0.25) is 0 Å². The average molecular weight is 312 g/mol. The van der Waals surface area contributed by atoms with Crippen molar-refractivity contribution in [1.82, 2.24) is 10.3 Å². The zero-order valence-electron chi connectivity index (χ0n) is 13.2. The Hall–Kier alpha value is -2.89. The third-order valence-electron chi connectivity index (χ3n) is 3.46. The van der Waals surface area contributed by atoms with Crippen molar-refractivity contribution in [2.75, 3.05) is 11.1 Å². The Bertz CT molecular complexity index is 698. The fraction of sp³-hybridized carbons (Fsp3) is 0.235. The van der Waals surface area contributed by atoms with Gasteiger partial charge in [-0.25, -0.2) is 0 Å².